The van der Waals surface area contributed by atoms with Crippen molar-refractivity contribution in [2.45, 2.75) is 18.8 Å². The summed E-state index contributed by atoms with van der Waals surface area (Å²) in [6.07, 6.45) is 1.99. The Morgan fingerprint density at radius 3 is 2.76 bits per heavy atom. The molecule has 0 spiro atoms. The molecule has 2 heterocycles. The summed E-state index contributed by atoms with van der Waals surface area (Å²) in [6, 6.07) is 7.56. The fraction of sp³-hybridized carbons (Fsp3) is 0.375. The fourth-order valence-corrected chi connectivity index (χ4v) is 2.77. The van der Waals surface area contributed by atoms with Gasteiger partial charge in [0.15, 0.2) is 0 Å². The number of aromatic nitrogens is 1. The highest BCUT2D eigenvalue weighted by Gasteiger charge is 2.17. The predicted octanol–water partition coefficient (Wildman–Crippen LogP) is 2.21. The maximum atomic E-state index is 11.9. The summed E-state index contributed by atoms with van der Waals surface area (Å²) in [4.78, 5) is 26.2. The Kier molecular flexibility index (Phi) is 3.75. The Morgan fingerprint density at radius 2 is 2.05 bits per heavy atom. The van der Waals surface area contributed by atoms with E-state index in [1.54, 1.807) is 6.07 Å². The van der Waals surface area contributed by atoms with Crippen molar-refractivity contribution in [1.82, 2.24) is 4.98 Å². The number of pyridine rings is 1. The van der Waals surface area contributed by atoms with Gasteiger partial charge in [-0.15, -0.1) is 0 Å². The number of methoxy groups -OCH3 is 1. The maximum absolute atomic E-state index is 11.9. The Balaban J connectivity index is 2.02. The summed E-state index contributed by atoms with van der Waals surface area (Å²) < 4.78 is 9.99. The number of hydrogen-bond acceptors (Lipinski definition) is 4. The molecular weight excluding hydrogens is 270 g/mol. The number of fused-ring (bicyclic) bond motifs is 1. The minimum Gasteiger partial charge on any atom is -0.465 e. The molecule has 5 heteroatoms. The van der Waals surface area contributed by atoms with Crippen LogP contribution in [0, 0.1) is 0 Å². The van der Waals surface area contributed by atoms with Crippen LogP contribution in [0.15, 0.2) is 29.1 Å². The van der Waals surface area contributed by atoms with Crippen LogP contribution in [0.3, 0.4) is 0 Å². The van der Waals surface area contributed by atoms with Gasteiger partial charge in [-0.2, -0.15) is 0 Å². The van der Waals surface area contributed by atoms with Gasteiger partial charge in [-0.1, -0.05) is 12.1 Å². The van der Waals surface area contributed by atoms with E-state index in [0.717, 1.165) is 37.0 Å². The molecule has 1 aromatic carbocycles. The first kappa shape index (κ1) is 13.8. The lowest BCUT2D eigenvalue weighted by Gasteiger charge is -2.22. The number of esters is 1. The van der Waals surface area contributed by atoms with Gasteiger partial charge >= 0.3 is 5.97 Å². The lowest BCUT2D eigenvalue weighted by atomic mass is 9.91. The van der Waals surface area contributed by atoms with Crippen molar-refractivity contribution in [2.75, 3.05) is 20.3 Å². The molecule has 0 unspecified atom stereocenters. The summed E-state index contributed by atoms with van der Waals surface area (Å²) in [6.45, 7) is 1.56. The maximum Gasteiger partial charge on any atom is 0.343 e. The molecule has 21 heavy (non-hydrogen) atoms. The SMILES string of the molecule is COC(=O)c1cc2ccc(C3CCOCC3)cc2[nH]c1=O. The molecule has 0 aliphatic carbocycles. The predicted molar refractivity (Wildman–Crippen MR) is 78.7 cm³/mol. The molecule has 0 atom stereocenters. The Hall–Kier alpha value is -2.14. The molecule has 1 saturated heterocycles. The average molecular weight is 287 g/mol. The van der Waals surface area contributed by atoms with E-state index in [1.807, 2.05) is 12.1 Å². The van der Waals surface area contributed by atoms with Gasteiger partial charge in [-0.05, 0) is 41.8 Å². The molecule has 1 N–H and O–H groups in total. The number of rotatable bonds is 2. The third-order valence-electron chi connectivity index (χ3n) is 3.97. The zero-order chi connectivity index (χ0) is 14.8. The highest BCUT2D eigenvalue weighted by molar-refractivity contribution is 5.93. The first-order valence-corrected chi connectivity index (χ1v) is 7.02. The Bertz CT molecular complexity index is 729. The van der Waals surface area contributed by atoms with Crippen molar-refractivity contribution in [2.24, 2.45) is 0 Å². The molecule has 1 aliphatic heterocycles. The van der Waals surface area contributed by atoms with Crippen LogP contribution in [0.4, 0.5) is 0 Å². The van der Waals surface area contributed by atoms with Gasteiger partial charge in [-0.3, -0.25) is 4.79 Å². The van der Waals surface area contributed by atoms with Crippen LogP contribution >= 0.6 is 0 Å². The van der Waals surface area contributed by atoms with Crippen molar-refractivity contribution >= 4 is 16.9 Å². The quantitative estimate of drug-likeness (QED) is 0.860. The summed E-state index contributed by atoms with van der Waals surface area (Å²) in [5.74, 6) is -0.154. The van der Waals surface area contributed by atoms with Gasteiger partial charge in [0.2, 0.25) is 0 Å². The van der Waals surface area contributed by atoms with E-state index in [-0.39, 0.29) is 5.56 Å². The summed E-state index contributed by atoms with van der Waals surface area (Å²) in [7, 11) is 1.26. The van der Waals surface area contributed by atoms with E-state index in [2.05, 4.69) is 15.8 Å². The number of benzene rings is 1. The molecule has 1 aliphatic rings. The summed E-state index contributed by atoms with van der Waals surface area (Å²) in [5.41, 5.74) is 1.56. The van der Waals surface area contributed by atoms with Crippen LogP contribution < -0.4 is 5.56 Å². The largest absolute Gasteiger partial charge is 0.465 e. The molecule has 0 bridgehead atoms. The van der Waals surface area contributed by atoms with Crippen LogP contribution in [-0.2, 0) is 9.47 Å². The van der Waals surface area contributed by atoms with Gasteiger partial charge in [0, 0.05) is 18.7 Å². The second-order valence-electron chi connectivity index (χ2n) is 5.24. The third kappa shape index (κ3) is 2.69. The lowest BCUT2D eigenvalue weighted by Crippen LogP contribution is -2.19. The van der Waals surface area contributed by atoms with E-state index in [0.29, 0.717) is 5.92 Å². The third-order valence-corrected chi connectivity index (χ3v) is 3.97. The summed E-state index contributed by atoms with van der Waals surface area (Å²) in [5, 5.41) is 0.825. The van der Waals surface area contributed by atoms with E-state index in [1.165, 1.54) is 12.7 Å². The number of carbonyl (C=O) groups excluding carboxylic acids is 1. The van der Waals surface area contributed by atoms with E-state index < -0.39 is 11.5 Å². The standard InChI is InChI=1S/C16H17NO4/c1-20-16(19)13-8-12-3-2-11(9-14(12)17-15(13)18)10-4-6-21-7-5-10/h2-3,8-10H,4-7H2,1H3,(H,17,18). The van der Waals surface area contributed by atoms with Crippen molar-refractivity contribution in [3.8, 4) is 0 Å². The normalized spacial score (nSPS) is 16.0. The van der Waals surface area contributed by atoms with Gasteiger partial charge in [0.05, 0.1) is 7.11 Å². The van der Waals surface area contributed by atoms with Gasteiger partial charge in [0.1, 0.15) is 5.56 Å². The minimum absolute atomic E-state index is 0.0313. The molecule has 0 radical (unpaired) electrons. The number of carbonyl (C=O) groups is 1. The van der Waals surface area contributed by atoms with Crippen LogP contribution in [0.5, 0.6) is 0 Å². The molecule has 1 aromatic heterocycles. The Morgan fingerprint density at radius 1 is 1.29 bits per heavy atom. The highest BCUT2D eigenvalue weighted by Crippen LogP contribution is 2.28. The van der Waals surface area contributed by atoms with Crippen molar-refractivity contribution in [3.63, 3.8) is 0 Å². The molecule has 0 amide bonds. The zero-order valence-corrected chi connectivity index (χ0v) is 11.8. The van der Waals surface area contributed by atoms with E-state index >= 15 is 0 Å². The van der Waals surface area contributed by atoms with Crippen LogP contribution in [-0.4, -0.2) is 31.3 Å². The molecule has 0 saturated carbocycles. The van der Waals surface area contributed by atoms with Gasteiger partial charge in [0.25, 0.3) is 5.56 Å². The number of aromatic amines is 1. The van der Waals surface area contributed by atoms with Crippen LogP contribution in [0.2, 0.25) is 0 Å². The second kappa shape index (κ2) is 5.69. The topological polar surface area (TPSA) is 68.4 Å². The average Bonchev–Trinajstić information content (AvgIpc) is 2.53. The first-order chi connectivity index (χ1) is 10.2. The highest BCUT2D eigenvalue weighted by atomic mass is 16.5. The molecular formula is C16H17NO4. The van der Waals surface area contributed by atoms with Crippen molar-refractivity contribution in [3.05, 3.63) is 45.7 Å². The second-order valence-corrected chi connectivity index (χ2v) is 5.24. The fourth-order valence-electron chi connectivity index (χ4n) is 2.77. The first-order valence-electron chi connectivity index (χ1n) is 7.02. The summed E-state index contributed by atoms with van der Waals surface area (Å²) >= 11 is 0. The van der Waals surface area contributed by atoms with Crippen molar-refractivity contribution in [1.29, 1.82) is 0 Å². The van der Waals surface area contributed by atoms with Crippen LogP contribution in [0.25, 0.3) is 10.9 Å². The molecule has 3 rings (SSSR count). The van der Waals surface area contributed by atoms with E-state index in [9.17, 15) is 9.59 Å². The molecule has 110 valence electrons. The zero-order valence-electron chi connectivity index (χ0n) is 11.8. The van der Waals surface area contributed by atoms with Crippen LogP contribution in [0.1, 0.15) is 34.7 Å². The number of hydrogen-bond donors (Lipinski definition) is 1. The monoisotopic (exact) mass is 287 g/mol. The lowest BCUT2D eigenvalue weighted by molar-refractivity contribution is 0.0599. The minimum atomic E-state index is -0.619. The number of nitrogens with one attached hydrogen (secondary N) is 1. The molecule has 5 nitrogen and oxygen atoms in total. The number of ether oxygens (including phenoxy) is 2. The number of H-pyrrole nitrogens is 1. The van der Waals surface area contributed by atoms with E-state index in [4.69, 9.17) is 4.74 Å². The molecule has 2 aromatic rings. The van der Waals surface area contributed by atoms with Crippen molar-refractivity contribution < 1.29 is 14.3 Å². The van der Waals surface area contributed by atoms with Gasteiger partial charge in [-0.25, -0.2) is 4.79 Å². The molecule has 1 fully saturated rings. The van der Waals surface area contributed by atoms with Gasteiger partial charge < -0.3 is 14.5 Å². The smallest absolute Gasteiger partial charge is 0.343 e. The Labute approximate surface area is 121 Å².